The summed E-state index contributed by atoms with van der Waals surface area (Å²) in [5.74, 6) is -3.74. The van der Waals surface area contributed by atoms with Gasteiger partial charge in [0.05, 0.1) is 0 Å². The molecule has 0 aliphatic heterocycles. The molecule has 4 rings (SSSR count). The average Bonchev–Trinajstić information content (AvgIpc) is 2.69. The van der Waals surface area contributed by atoms with Crippen LogP contribution in [0.3, 0.4) is 0 Å². The molecule has 1 aromatic carbocycles. The first-order valence-electron chi connectivity index (χ1n) is 10.6. The number of aliphatic hydroxyl groups excluding tert-OH is 2. The van der Waals surface area contributed by atoms with Gasteiger partial charge in [-0.1, -0.05) is 12.6 Å². The molecule has 0 saturated carbocycles. The van der Waals surface area contributed by atoms with Crippen LogP contribution >= 0.6 is 0 Å². The number of Topliss-reactive ketones (excluding diaryl/α,β-unsaturated/α-hetero) is 3. The van der Waals surface area contributed by atoms with Crippen molar-refractivity contribution in [2.75, 3.05) is 0 Å². The highest BCUT2D eigenvalue weighted by atomic mass is 16.3. The summed E-state index contributed by atoms with van der Waals surface area (Å²) in [6.07, 6.45) is 1.44. The van der Waals surface area contributed by atoms with Gasteiger partial charge < -0.3 is 25.2 Å². The molecule has 3 atom stereocenters. The summed E-state index contributed by atoms with van der Waals surface area (Å²) in [5, 5.41) is 43.4. The summed E-state index contributed by atoms with van der Waals surface area (Å²) in [5.41, 5.74) is -0.0811. The van der Waals surface area contributed by atoms with E-state index in [0.29, 0.717) is 30.4 Å². The van der Waals surface area contributed by atoms with Gasteiger partial charge in [0.15, 0.2) is 11.4 Å². The summed E-state index contributed by atoms with van der Waals surface area (Å²) >= 11 is 0. The van der Waals surface area contributed by atoms with Gasteiger partial charge in [0.1, 0.15) is 28.6 Å². The zero-order chi connectivity index (χ0) is 23.5. The van der Waals surface area contributed by atoms with Crippen molar-refractivity contribution in [3.05, 3.63) is 58.1 Å². The lowest BCUT2D eigenvalue weighted by Gasteiger charge is -2.47. The maximum absolute atomic E-state index is 13.0. The predicted octanol–water partition coefficient (Wildman–Crippen LogP) is 3.04. The lowest BCUT2D eigenvalue weighted by Crippen LogP contribution is -2.56. The Balaban J connectivity index is 1.85. The molecule has 0 saturated heterocycles. The van der Waals surface area contributed by atoms with E-state index in [1.54, 1.807) is 6.07 Å². The SMILES string of the molecule is C=C1C2=C(O)[C@]3(O)C(=O)C(C(C)=O)=C(O)C[C@H]3C[C@H]2Cc2c(CCC(C)=O)ccc(O)c21. The number of fused-ring (bicyclic) bond motifs is 3. The zero-order valence-corrected chi connectivity index (χ0v) is 18.1. The fourth-order valence-electron chi connectivity index (χ4n) is 5.52. The van der Waals surface area contributed by atoms with Crippen LogP contribution in [0.2, 0.25) is 0 Å². The van der Waals surface area contributed by atoms with E-state index in [9.17, 15) is 34.8 Å². The summed E-state index contributed by atoms with van der Waals surface area (Å²) in [4.78, 5) is 36.5. The molecule has 32 heavy (non-hydrogen) atoms. The van der Waals surface area contributed by atoms with Gasteiger partial charge in [0.2, 0.25) is 5.78 Å². The van der Waals surface area contributed by atoms with Gasteiger partial charge in [-0.15, -0.1) is 0 Å². The maximum atomic E-state index is 13.0. The summed E-state index contributed by atoms with van der Waals surface area (Å²) < 4.78 is 0. The highest BCUT2D eigenvalue weighted by Gasteiger charge is 2.58. The molecule has 3 aliphatic rings. The number of aryl methyl sites for hydroxylation is 1. The van der Waals surface area contributed by atoms with Crippen LogP contribution in [-0.4, -0.2) is 43.4 Å². The smallest absolute Gasteiger partial charge is 0.209 e. The molecule has 7 heteroatoms. The van der Waals surface area contributed by atoms with Crippen LogP contribution in [0.4, 0.5) is 0 Å². The number of carbonyl (C=O) groups excluding carboxylic acids is 3. The Morgan fingerprint density at radius 1 is 1.16 bits per heavy atom. The first kappa shape index (κ1) is 22.0. The van der Waals surface area contributed by atoms with Crippen LogP contribution in [0.5, 0.6) is 5.75 Å². The monoisotopic (exact) mass is 438 g/mol. The van der Waals surface area contributed by atoms with Gasteiger partial charge >= 0.3 is 0 Å². The van der Waals surface area contributed by atoms with Crippen LogP contribution in [0.15, 0.2) is 41.4 Å². The van der Waals surface area contributed by atoms with E-state index in [-0.39, 0.29) is 41.6 Å². The third-order valence-corrected chi connectivity index (χ3v) is 7.05. The fourth-order valence-corrected chi connectivity index (χ4v) is 5.52. The van der Waals surface area contributed by atoms with Crippen molar-refractivity contribution >= 4 is 22.9 Å². The highest BCUT2D eigenvalue weighted by molar-refractivity contribution is 6.24. The first-order chi connectivity index (χ1) is 15.0. The van der Waals surface area contributed by atoms with Crippen molar-refractivity contribution in [1.82, 2.24) is 0 Å². The number of hydrogen-bond donors (Lipinski definition) is 4. The summed E-state index contributed by atoms with van der Waals surface area (Å²) in [6, 6.07) is 3.29. The average molecular weight is 438 g/mol. The zero-order valence-electron chi connectivity index (χ0n) is 18.1. The first-order valence-corrected chi connectivity index (χ1v) is 10.6. The Labute approximate surface area is 185 Å². The number of carbonyl (C=O) groups is 3. The number of benzene rings is 1. The van der Waals surface area contributed by atoms with Gasteiger partial charge in [0.25, 0.3) is 0 Å². The van der Waals surface area contributed by atoms with Crippen LogP contribution in [-0.2, 0) is 27.2 Å². The van der Waals surface area contributed by atoms with E-state index in [2.05, 4.69) is 6.58 Å². The van der Waals surface area contributed by atoms with Crippen LogP contribution in [0, 0.1) is 11.8 Å². The van der Waals surface area contributed by atoms with E-state index >= 15 is 0 Å². The molecule has 0 bridgehead atoms. The lowest BCUT2D eigenvalue weighted by atomic mass is 9.59. The number of phenolic OH excluding ortho intramolecular Hbond substituents is 1. The summed E-state index contributed by atoms with van der Waals surface area (Å²) in [7, 11) is 0. The quantitative estimate of drug-likeness (QED) is 0.531. The number of ketones is 3. The third kappa shape index (κ3) is 3.03. The van der Waals surface area contributed by atoms with Crippen molar-refractivity contribution in [1.29, 1.82) is 0 Å². The second kappa shape index (κ2) is 7.45. The molecule has 0 aromatic heterocycles. The molecule has 1 aromatic rings. The topological polar surface area (TPSA) is 132 Å². The van der Waals surface area contributed by atoms with E-state index in [1.807, 2.05) is 0 Å². The number of aliphatic hydroxyl groups is 3. The Morgan fingerprint density at radius 2 is 1.84 bits per heavy atom. The molecule has 0 heterocycles. The largest absolute Gasteiger partial charge is 0.511 e. The number of allylic oxidation sites excluding steroid dienone is 3. The molecular weight excluding hydrogens is 412 g/mol. The van der Waals surface area contributed by atoms with Gasteiger partial charge in [-0.2, -0.15) is 0 Å². The molecule has 0 spiro atoms. The molecule has 4 N–H and O–H groups in total. The van der Waals surface area contributed by atoms with Crippen molar-refractivity contribution in [3.63, 3.8) is 0 Å². The molecule has 168 valence electrons. The Bertz CT molecular complexity index is 1150. The molecule has 0 amide bonds. The van der Waals surface area contributed by atoms with Gasteiger partial charge in [-0.25, -0.2) is 0 Å². The molecule has 3 aliphatic carbocycles. The molecular formula is C25H26O7. The predicted molar refractivity (Wildman–Crippen MR) is 116 cm³/mol. The molecule has 0 fully saturated rings. The number of phenols is 1. The lowest BCUT2D eigenvalue weighted by molar-refractivity contribution is -0.144. The van der Waals surface area contributed by atoms with E-state index in [0.717, 1.165) is 18.1 Å². The Morgan fingerprint density at radius 3 is 2.47 bits per heavy atom. The van der Waals surface area contributed by atoms with E-state index in [1.165, 1.54) is 13.0 Å². The van der Waals surface area contributed by atoms with Crippen molar-refractivity contribution < 1.29 is 34.8 Å². The minimum absolute atomic E-state index is 0.0404. The highest BCUT2D eigenvalue weighted by Crippen LogP contribution is 2.54. The fraction of sp³-hybridized carbons (Fsp3) is 0.400. The Hall–Kier alpha value is -3.19. The Kier molecular flexibility index (Phi) is 5.12. The van der Waals surface area contributed by atoms with Crippen LogP contribution in [0.25, 0.3) is 5.57 Å². The normalized spacial score (nSPS) is 27.1. The number of aromatic hydroxyl groups is 1. The minimum atomic E-state index is -2.33. The molecule has 0 radical (unpaired) electrons. The van der Waals surface area contributed by atoms with Crippen molar-refractivity contribution in [2.24, 2.45) is 11.8 Å². The van der Waals surface area contributed by atoms with Gasteiger partial charge in [-0.3, -0.25) is 9.59 Å². The molecule has 7 nitrogen and oxygen atoms in total. The van der Waals surface area contributed by atoms with Gasteiger partial charge in [0, 0.05) is 29.9 Å². The second-order valence-electron chi connectivity index (χ2n) is 9.05. The van der Waals surface area contributed by atoms with Crippen molar-refractivity contribution in [3.8, 4) is 5.75 Å². The number of rotatable bonds is 4. The van der Waals surface area contributed by atoms with Crippen molar-refractivity contribution in [2.45, 2.75) is 51.6 Å². The maximum Gasteiger partial charge on any atom is 0.209 e. The van der Waals surface area contributed by atoms with Gasteiger partial charge in [-0.05, 0) is 61.8 Å². The summed E-state index contributed by atoms with van der Waals surface area (Å²) in [6.45, 7) is 6.70. The van der Waals surface area contributed by atoms with Crippen LogP contribution < -0.4 is 0 Å². The standard InChI is InChI=1S/C25H26O7/c1-11(26)4-5-14-6-7-18(28)21-12(2)20-15(9-17(14)21)8-16-10-19(29)22(13(3)27)24(31)25(16,32)23(20)30/h6-7,15-16,28-30,32H,2,4-5,8-10H2,1,3H3/t15-,16+,25-/m0/s1. The van der Waals surface area contributed by atoms with E-state index < -0.39 is 34.4 Å². The third-order valence-electron chi connectivity index (χ3n) is 7.05. The second-order valence-corrected chi connectivity index (χ2v) is 9.05. The van der Waals surface area contributed by atoms with Crippen LogP contribution in [0.1, 0.15) is 49.8 Å². The van der Waals surface area contributed by atoms with E-state index in [4.69, 9.17) is 0 Å². The molecule has 0 unspecified atom stereocenters. The number of hydrogen-bond acceptors (Lipinski definition) is 7. The minimum Gasteiger partial charge on any atom is -0.511 e.